The Hall–Kier alpha value is -11.6. The van der Waals surface area contributed by atoms with Crippen LogP contribution < -0.4 is 10.2 Å². The molecule has 7 aliphatic rings. The van der Waals surface area contributed by atoms with Crippen molar-refractivity contribution >= 4 is 85.9 Å². The van der Waals surface area contributed by atoms with E-state index in [-0.39, 0.29) is 89.5 Å². The van der Waals surface area contributed by atoms with Gasteiger partial charge < -0.3 is 66.1 Å². The molecule has 2 atom stereocenters. The average molecular weight is 2000 g/mol. The molecule has 6 fully saturated rings. The number of fused-ring (bicyclic) bond motifs is 1. The number of halogens is 2. The van der Waals surface area contributed by atoms with Crippen LogP contribution in [-0.4, -0.2) is 180 Å². The SMILES string of the molecule is Cc1noc(-c2ccc(B3OC(C)(C)C(C)(C)O3)cc2)c1CC(=O)N(C)C1CCCC1.Cc1noc(-c2ccc(Br)cc2)c1CC(=O)N(C)C1CCCC1.Cc1noc(-c2ccc(Br)cc2)c1CN1C(=O)c2ccccc2C1=O.Cc1noc(-c2ccc(O)cc2)c1CC(=O)N(C)C1CCCC1.Cc1noc(-c2ccc(O[C@H]3CCC[C@H](C(=O)OC(C)C)C3)cc2)c1CC(=O)N(C)C1CCCC1. The van der Waals surface area contributed by atoms with E-state index in [0.717, 1.165) is 169 Å². The Kier molecular flexibility index (Phi) is 33.5. The van der Waals surface area contributed by atoms with Gasteiger partial charge in [-0.1, -0.05) is 170 Å². The van der Waals surface area contributed by atoms with Crippen molar-refractivity contribution in [2.75, 3.05) is 28.2 Å². The summed E-state index contributed by atoms with van der Waals surface area (Å²) in [5.74, 6) is 3.79. The molecule has 5 aromatic heterocycles. The highest BCUT2D eigenvalue weighted by Crippen LogP contribution is 2.41. The van der Waals surface area contributed by atoms with Crippen molar-refractivity contribution in [3.63, 3.8) is 0 Å². The lowest BCUT2D eigenvalue weighted by Crippen LogP contribution is -2.41. The van der Waals surface area contributed by atoms with Crippen LogP contribution in [-0.2, 0) is 70.2 Å². The number of esters is 1. The van der Waals surface area contributed by atoms with Crippen LogP contribution in [0.3, 0.4) is 0 Å². The monoisotopic (exact) mass is 1990 g/mol. The summed E-state index contributed by atoms with van der Waals surface area (Å²) in [4.78, 5) is 97.4. The molecule has 0 radical (unpaired) electrons. The number of aromatic nitrogens is 5. The summed E-state index contributed by atoms with van der Waals surface area (Å²) in [6.07, 6.45) is 22.9. The lowest BCUT2D eigenvalue weighted by atomic mass is 9.78. The van der Waals surface area contributed by atoms with E-state index in [9.17, 15) is 38.7 Å². The smallest absolute Gasteiger partial charge is 0.494 e. The molecule has 5 aliphatic carbocycles. The second-order valence-electron chi connectivity index (χ2n) is 38.5. The quantitative estimate of drug-likeness (QED) is 0.0334. The third-order valence-corrected chi connectivity index (χ3v) is 29.3. The molecule has 137 heavy (non-hydrogen) atoms. The molecule has 6 aromatic carbocycles. The maximum Gasteiger partial charge on any atom is 0.494 e. The van der Waals surface area contributed by atoms with Gasteiger partial charge in [-0.2, -0.15) is 0 Å². The normalized spacial score (nSPS) is 17.4. The van der Waals surface area contributed by atoms with Crippen LogP contribution in [0.15, 0.2) is 177 Å². The number of carbonyl (C=O) groups is 7. The lowest BCUT2D eigenvalue weighted by Gasteiger charge is -2.32. The number of phenolic OH excluding ortho intramolecular Hbond substituents is 1. The van der Waals surface area contributed by atoms with Gasteiger partial charge in [-0.05, 0) is 244 Å². The minimum atomic E-state index is -0.406. The third kappa shape index (κ3) is 24.6. The molecule has 7 heterocycles. The topological polar surface area (TPSA) is 323 Å². The number of likely N-dealkylation sites (N-methyl/N-ethyl adjacent to an activating group) is 4. The van der Waals surface area contributed by atoms with E-state index in [0.29, 0.717) is 95.5 Å². The molecule has 30 heteroatoms. The Bertz CT molecular complexity index is 5830. The largest absolute Gasteiger partial charge is 0.508 e. The minimum Gasteiger partial charge on any atom is -0.508 e. The van der Waals surface area contributed by atoms with E-state index < -0.39 is 7.12 Å². The van der Waals surface area contributed by atoms with Gasteiger partial charge >= 0.3 is 13.1 Å². The van der Waals surface area contributed by atoms with Crippen LogP contribution in [0.5, 0.6) is 11.5 Å². The Balaban J connectivity index is 0.000000138. The molecule has 6 amide bonds. The Labute approximate surface area is 819 Å². The number of benzene rings is 6. The fourth-order valence-electron chi connectivity index (χ4n) is 19.0. The molecular weight excluding hydrogens is 1870 g/mol. The van der Waals surface area contributed by atoms with Gasteiger partial charge in [0.1, 0.15) is 11.5 Å². The van der Waals surface area contributed by atoms with Crippen molar-refractivity contribution in [2.24, 2.45) is 5.92 Å². The van der Waals surface area contributed by atoms with Gasteiger partial charge in [0, 0.05) is 117 Å². The first-order chi connectivity index (χ1) is 65.6. The van der Waals surface area contributed by atoms with E-state index >= 15 is 0 Å². The summed E-state index contributed by atoms with van der Waals surface area (Å²) < 4.78 is 53.5. The summed E-state index contributed by atoms with van der Waals surface area (Å²) in [6, 6.07) is 46.2. The zero-order chi connectivity index (χ0) is 97.7. The van der Waals surface area contributed by atoms with E-state index in [1.165, 1.54) is 56.3 Å². The highest BCUT2D eigenvalue weighted by molar-refractivity contribution is 9.10. The standard InChI is InChI=1S/C28H38N2O5.C24H33BN2O4.C19H13BrN2O3.C18H21BrN2O2.C18H22N2O3/c1-18(2)33-28(32)21-8-7-11-24(16-21)34-23-14-12-20(13-15-23)27-25(19(3)29-35-27)17-26(31)30(4)22-9-5-6-10-22;1-16-20(15-21(28)27(6)19-9-7-8-10-19)22(29-26-16)17-11-13-18(14-12-17)25-30-23(2,3)24(4,5)31-25;1-11-16(17(25-21-11)12-6-8-13(20)9-7-12)10-22-18(23)14-4-2-3-5-15(14)19(22)24;1-12-16(11-17(22)21(2)15-5-3-4-6-15)18(23-20-12)13-7-9-14(19)10-8-13;1-12-16(11-17(22)20(2)14-5-3-4-6-14)18(23-19-12)13-7-9-15(21)10-8-13/h12-15,18,21-22,24H,5-11,16-17H2,1-4H3;11-14,19H,7-10,15H2,1-6H3;2-9H,10H2,1H3;7-10,15H,3-6,11H2,1-2H3;7-10,14,21H,3-6,11H2,1-2H3/t21-,24-;;;;/m0..../s1. The van der Waals surface area contributed by atoms with Crippen LogP contribution in [0.25, 0.3) is 56.6 Å². The second-order valence-corrected chi connectivity index (χ2v) is 40.3. The number of carbonyl (C=O) groups excluding carboxylic acids is 7. The second kappa shape index (κ2) is 45.3. The van der Waals surface area contributed by atoms with E-state index in [4.69, 9.17) is 41.4 Å². The zero-order valence-electron chi connectivity index (χ0n) is 81.4. The molecule has 724 valence electrons. The predicted octanol–water partition coefficient (Wildman–Crippen LogP) is 21.2. The van der Waals surface area contributed by atoms with Crippen molar-refractivity contribution < 1.29 is 80.1 Å². The lowest BCUT2D eigenvalue weighted by molar-refractivity contribution is -0.154. The minimum absolute atomic E-state index is 0.00820. The summed E-state index contributed by atoms with van der Waals surface area (Å²) >= 11 is 6.83. The Morgan fingerprint density at radius 3 is 1.05 bits per heavy atom. The molecule has 18 rings (SSSR count). The Morgan fingerprint density at radius 1 is 0.423 bits per heavy atom. The zero-order valence-corrected chi connectivity index (χ0v) is 84.5. The summed E-state index contributed by atoms with van der Waals surface area (Å²) in [5.41, 5.74) is 13.3. The van der Waals surface area contributed by atoms with Crippen molar-refractivity contribution in [1.29, 1.82) is 0 Å². The number of ether oxygens (including phenoxy) is 2. The molecule has 0 spiro atoms. The van der Waals surface area contributed by atoms with E-state index in [2.05, 4.69) is 57.6 Å². The van der Waals surface area contributed by atoms with Gasteiger partial charge in [-0.3, -0.25) is 38.5 Å². The van der Waals surface area contributed by atoms with Crippen LogP contribution >= 0.6 is 31.9 Å². The molecule has 2 aliphatic heterocycles. The molecule has 27 nitrogen and oxygen atoms in total. The number of imide groups is 1. The highest BCUT2D eigenvalue weighted by Gasteiger charge is 2.52. The maximum atomic E-state index is 12.9. The van der Waals surface area contributed by atoms with Crippen LogP contribution in [0.2, 0.25) is 0 Å². The molecule has 1 N–H and O–H groups in total. The Morgan fingerprint density at radius 2 is 0.723 bits per heavy atom. The predicted molar refractivity (Wildman–Crippen MR) is 529 cm³/mol. The first-order valence-corrected chi connectivity index (χ1v) is 49.7. The summed E-state index contributed by atoms with van der Waals surface area (Å²) in [5, 5.41) is 29.8. The summed E-state index contributed by atoms with van der Waals surface area (Å²) in [6.45, 7) is 21.4. The number of aromatic hydroxyl groups is 1. The fourth-order valence-corrected chi connectivity index (χ4v) is 19.5. The number of phenols is 1. The maximum absolute atomic E-state index is 12.9. The van der Waals surface area contributed by atoms with Crippen molar-refractivity contribution in [3.05, 3.63) is 222 Å². The average Bonchev–Trinajstić information content (AvgIpc) is 1.62. The first kappa shape index (κ1) is 101. The first-order valence-electron chi connectivity index (χ1n) is 48.1. The number of hydrogen-bond acceptors (Lipinski definition) is 22. The van der Waals surface area contributed by atoms with Gasteiger partial charge in [-0.25, -0.2) is 0 Å². The van der Waals surface area contributed by atoms with Crippen molar-refractivity contribution in [1.82, 2.24) is 50.3 Å². The van der Waals surface area contributed by atoms with Gasteiger partial charge in [-0.15, -0.1) is 0 Å². The molecule has 11 aromatic rings. The van der Waals surface area contributed by atoms with Crippen molar-refractivity contribution in [2.45, 2.75) is 284 Å². The molecule has 0 unspecified atom stereocenters. The van der Waals surface area contributed by atoms with Crippen LogP contribution in [0.1, 0.15) is 247 Å². The van der Waals surface area contributed by atoms with Crippen molar-refractivity contribution in [3.8, 4) is 68.1 Å². The van der Waals surface area contributed by atoms with Gasteiger partial charge in [0.25, 0.3) is 11.8 Å². The van der Waals surface area contributed by atoms with E-state index in [1.54, 1.807) is 55.5 Å². The molecule has 0 bridgehead atoms. The number of nitrogens with zero attached hydrogens (tertiary/aromatic N) is 10. The fraction of sp³-hybridized carbons (Fsp3) is 0.458. The summed E-state index contributed by atoms with van der Waals surface area (Å²) in [7, 11) is 7.23. The van der Waals surface area contributed by atoms with Crippen LogP contribution in [0.4, 0.5) is 0 Å². The molecule has 5 saturated carbocycles. The number of hydrogen-bond donors (Lipinski definition) is 1. The number of aryl methyl sites for hydroxylation is 5. The number of rotatable bonds is 24. The van der Waals surface area contributed by atoms with Gasteiger partial charge in [0.15, 0.2) is 28.8 Å². The molecule has 1 saturated heterocycles. The van der Waals surface area contributed by atoms with E-state index in [1.807, 2.05) is 214 Å². The van der Waals surface area contributed by atoms with Gasteiger partial charge in [0.2, 0.25) is 23.6 Å². The third-order valence-electron chi connectivity index (χ3n) is 28.3. The molecular formula is C107H127BBr2N10O17. The highest BCUT2D eigenvalue weighted by atomic mass is 79.9. The van der Waals surface area contributed by atoms with Crippen LogP contribution in [0, 0.1) is 40.5 Å². The van der Waals surface area contributed by atoms with Gasteiger partial charge in [0.05, 0.1) is 101 Å². The number of amides is 6.